The van der Waals surface area contributed by atoms with Crippen LogP contribution in [-0.2, 0) is 0 Å². The van der Waals surface area contributed by atoms with Crippen LogP contribution in [0, 0.1) is 11.8 Å². The van der Waals surface area contributed by atoms with E-state index < -0.39 is 0 Å². The number of nitrogens with zero attached hydrogens (tertiary/aromatic N) is 5. The molecule has 2 atom stereocenters. The summed E-state index contributed by atoms with van der Waals surface area (Å²) < 4.78 is 4.40. The maximum Gasteiger partial charge on any atom is 0.323 e. The molecule has 0 aromatic carbocycles. The highest BCUT2D eigenvalue weighted by Gasteiger charge is 2.44. The molecular formula is C24H31N7OS. The molecule has 0 bridgehead atoms. The summed E-state index contributed by atoms with van der Waals surface area (Å²) in [6.07, 6.45) is 10.6. The molecule has 2 aliphatic heterocycles. The van der Waals surface area contributed by atoms with E-state index in [1.54, 1.807) is 0 Å². The third kappa shape index (κ3) is 3.96. The summed E-state index contributed by atoms with van der Waals surface area (Å²) >= 11 is 1.30. The predicted octanol–water partition coefficient (Wildman–Crippen LogP) is 3.04. The molecule has 4 aliphatic rings. The fraction of sp³-hybridized carbons (Fsp3) is 0.583. The molecule has 9 heteroatoms. The van der Waals surface area contributed by atoms with Crippen molar-refractivity contribution in [2.24, 2.45) is 16.8 Å². The van der Waals surface area contributed by atoms with Crippen molar-refractivity contribution < 1.29 is 4.79 Å². The molecule has 174 valence electrons. The first-order valence-electron chi connectivity index (χ1n) is 12.1. The molecule has 2 amide bonds. The largest absolute Gasteiger partial charge is 0.374 e. The molecule has 6 rings (SSSR count). The van der Waals surface area contributed by atoms with E-state index in [1.807, 2.05) is 17.3 Å². The summed E-state index contributed by atoms with van der Waals surface area (Å²) in [4.78, 5) is 29.8. The molecule has 0 radical (unpaired) electrons. The Kier molecular flexibility index (Phi) is 5.24. The lowest BCUT2D eigenvalue weighted by molar-refractivity contribution is 0.215. The lowest BCUT2D eigenvalue weighted by Gasteiger charge is -2.31. The second kappa shape index (κ2) is 8.27. The smallest absolute Gasteiger partial charge is 0.323 e. The Morgan fingerprint density at radius 2 is 2.09 bits per heavy atom. The average Bonchev–Trinajstić information content (AvgIpc) is 3.13. The van der Waals surface area contributed by atoms with Crippen LogP contribution in [0.5, 0.6) is 0 Å². The number of carbonyl (C=O) groups is 1. The Morgan fingerprint density at radius 3 is 2.82 bits per heavy atom. The number of anilines is 1. The van der Waals surface area contributed by atoms with Crippen LogP contribution in [-0.4, -0.2) is 56.4 Å². The van der Waals surface area contributed by atoms with Gasteiger partial charge in [0.25, 0.3) is 0 Å². The summed E-state index contributed by atoms with van der Waals surface area (Å²) in [7, 11) is 2.24. The van der Waals surface area contributed by atoms with Crippen molar-refractivity contribution in [1.29, 1.82) is 0 Å². The van der Waals surface area contributed by atoms with E-state index in [0.717, 1.165) is 50.1 Å². The van der Waals surface area contributed by atoms with Crippen molar-refractivity contribution in [3.05, 3.63) is 40.6 Å². The van der Waals surface area contributed by atoms with Crippen LogP contribution in [0.2, 0.25) is 0 Å². The molecular weight excluding hydrogens is 434 g/mol. The number of hydrogen-bond donors (Lipinski definition) is 2. The highest BCUT2D eigenvalue weighted by atomic mass is 32.1. The van der Waals surface area contributed by atoms with Crippen LogP contribution >= 0.6 is 11.5 Å². The summed E-state index contributed by atoms with van der Waals surface area (Å²) in [6.45, 7) is 3.86. The molecule has 2 aromatic heterocycles. The van der Waals surface area contributed by atoms with Crippen LogP contribution in [0.1, 0.15) is 57.2 Å². The van der Waals surface area contributed by atoms with E-state index >= 15 is 0 Å². The van der Waals surface area contributed by atoms with Crippen LogP contribution in [0.25, 0.3) is 5.70 Å². The van der Waals surface area contributed by atoms with E-state index in [0.29, 0.717) is 28.9 Å². The molecule has 1 saturated heterocycles. The van der Waals surface area contributed by atoms with Gasteiger partial charge < -0.3 is 14.8 Å². The SMILES string of the molecule is CCC1=CN=c2[nH]ccc2=C(N(C)C2CC3CN(C(=O)Nc4nc(C5CC5)ns4)CC3C2)C1. The molecule has 33 heavy (non-hydrogen) atoms. The summed E-state index contributed by atoms with van der Waals surface area (Å²) in [5.74, 6) is 2.53. The summed E-state index contributed by atoms with van der Waals surface area (Å²) in [5.41, 5.74) is 3.69. The minimum Gasteiger partial charge on any atom is -0.374 e. The lowest BCUT2D eigenvalue weighted by atomic mass is 10.0. The van der Waals surface area contributed by atoms with Gasteiger partial charge in [0.15, 0.2) is 0 Å². The number of nitrogens with one attached hydrogen (secondary N) is 2. The number of fused-ring (bicyclic) bond motifs is 2. The average molecular weight is 466 g/mol. The van der Waals surface area contributed by atoms with Gasteiger partial charge in [-0.25, -0.2) is 14.8 Å². The zero-order chi connectivity index (χ0) is 22.5. The van der Waals surface area contributed by atoms with E-state index in [9.17, 15) is 4.79 Å². The molecule has 2 aromatic rings. The number of rotatable bonds is 5. The van der Waals surface area contributed by atoms with Gasteiger partial charge in [-0.1, -0.05) is 6.92 Å². The van der Waals surface area contributed by atoms with Gasteiger partial charge in [0.05, 0.1) is 0 Å². The van der Waals surface area contributed by atoms with Crippen molar-refractivity contribution >= 4 is 28.4 Å². The lowest BCUT2D eigenvalue weighted by Crippen LogP contribution is -2.38. The standard InChI is InChI=1S/C24H31N7OS/c1-3-14-8-20(19-6-7-25-22(19)26-11-14)30(2)18-9-16-12-31(13-17(16)10-18)24(32)28-23-27-21(29-33-23)15-4-5-15/h6-7,11,15-18H,3-5,8-10,12-13H2,1-2H3,(H,25,26)(H,27,28,29,32). The van der Waals surface area contributed by atoms with Crippen molar-refractivity contribution in [3.8, 4) is 0 Å². The van der Waals surface area contributed by atoms with Crippen molar-refractivity contribution in [2.45, 2.75) is 57.4 Å². The normalized spacial score (nSPS) is 26.4. The number of urea groups is 1. The molecule has 4 heterocycles. The number of amides is 2. The zero-order valence-electron chi connectivity index (χ0n) is 19.3. The van der Waals surface area contributed by atoms with Crippen molar-refractivity contribution in [3.63, 3.8) is 0 Å². The van der Waals surface area contributed by atoms with Gasteiger partial charge in [-0.15, -0.1) is 0 Å². The highest BCUT2D eigenvalue weighted by molar-refractivity contribution is 7.09. The van der Waals surface area contributed by atoms with Crippen LogP contribution in [0.4, 0.5) is 9.93 Å². The molecule has 0 spiro atoms. The Balaban J connectivity index is 1.11. The molecule has 2 N–H and O–H groups in total. The number of likely N-dealkylation sites (tertiary alicyclic amines) is 1. The Hall–Kier alpha value is -2.68. The molecule has 2 saturated carbocycles. The molecule has 2 aliphatic carbocycles. The summed E-state index contributed by atoms with van der Waals surface area (Å²) in [6, 6.07) is 2.63. The monoisotopic (exact) mass is 465 g/mol. The third-order valence-electron chi connectivity index (χ3n) is 7.85. The number of H-pyrrole nitrogens is 1. The van der Waals surface area contributed by atoms with Crippen LogP contribution in [0.15, 0.2) is 29.0 Å². The third-order valence-corrected chi connectivity index (χ3v) is 8.49. The predicted molar refractivity (Wildman–Crippen MR) is 128 cm³/mol. The van der Waals surface area contributed by atoms with Crippen LogP contribution in [0.3, 0.4) is 0 Å². The van der Waals surface area contributed by atoms with Crippen molar-refractivity contribution in [1.82, 2.24) is 24.1 Å². The Bertz CT molecular complexity index is 1200. The minimum atomic E-state index is -0.0257. The quantitative estimate of drug-likeness (QED) is 0.710. The second-order valence-electron chi connectivity index (χ2n) is 9.96. The molecule has 2 unspecified atom stereocenters. The fourth-order valence-corrected chi connectivity index (χ4v) is 6.31. The Labute approximate surface area is 197 Å². The van der Waals surface area contributed by atoms with E-state index in [-0.39, 0.29) is 6.03 Å². The van der Waals surface area contributed by atoms with Gasteiger partial charge in [0.1, 0.15) is 11.3 Å². The van der Waals surface area contributed by atoms with E-state index in [2.05, 4.69) is 49.6 Å². The molecule has 3 fully saturated rings. The number of aromatic amines is 1. The maximum absolute atomic E-state index is 12.8. The maximum atomic E-state index is 12.8. The van der Waals surface area contributed by atoms with E-state index in [1.165, 1.54) is 40.9 Å². The first-order chi connectivity index (χ1) is 16.1. The van der Waals surface area contributed by atoms with Gasteiger partial charge in [-0.3, -0.25) is 5.32 Å². The van der Waals surface area contributed by atoms with Crippen molar-refractivity contribution in [2.75, 3.05) is 25.5 Å². The first-order valence-corrected chi connectivity index (χ1v) is 12.9. The van der Waals surface area contributed by atoms with Gasteiger partial charge >= 0.3 is 6.03 Å². The van der Waals surface area contributed by atoms with E-state index in [4.69, 9.17) is 0 Å². The van der Waals surface area contributed by atoms with Crippen LogP contribution < -0.4 is 16.0 Å². The fourth-order valence-electron chi connectivity index (χ4n) is 5.68. The number of aromatic nitrogens is 3. The zero-order valence-corrected chi connectivity index (χ0v) is 20.1. The van der Waals surface area contributed by atoms with Gasteiger partial charge in [0.2, 0.25) is 5.13 Å². The first kappa shape index (κ1) is 20.9. The topological polar surface area (TPSA) is 89.5 Å². The van der Waals surface area contributed by atoms with Gasteiger partial charge in [0, 0.05) is 73.4 Å². The minimum absolute atomic E-state index is 0.0257. The van der Waals surface area contributed by atoms with Gasteiger partial charge in [-0.2, -0.15) is 4.37 Å². The molecule has 8 nitrogen and oxygen atoms in total. The summed E-state index contributed by atoms with van der Waals surface area (Å²) in [5, 5.41) is 4.84. The number of hydrogen-bond acceptors (Lipinski definition) is 6. The van der Waals surface area contributed by atoms with Gasteiger partial charge in [-0.05, 0) is 55.6 Å². The highest BCUT2D eigenvalue weighted by Crippen LogP contribution is 2.42. The Morgan fingerprint density at radius 1 is 1.30 bits per heavy atom. The number of carbonyl (C=O) groups excluding carboxylic acids is 1. The second-order valence-corrected chi connectivity index (χ2v) is 10.7.